The molecular formula is C12H18FNO. The number of hydrogen-bond donors (Lipinski definition) is 1. The van der Waals surface area contributed by atoms with Gasteiger partial charge in [-0.1, -0.05) is 6.92 Å². The van der Waals surface area contributed by atoms with E-state index in [9.17, 15) is 4.39 Å². The summed E-state index contributed by atoms with van der Waals surface area (Å²) in [6.07, 6.45) is 0. The van der Waals surface area contributed by atoms with Crippen molar-refractivity contribution in [1.82, 2.24) is 5.32 Å². The van der Waals surface area contributed by atoms with Gasteiger partial charge in [-0.05, 0) is 38.6 Å². The molecule has 0 aliphatic heterocycles. The van der Waals surface area contributed by atoms with Crippen molar-refractivity contribution in [2.24, 2.45) is 0 Å². The number of ether oxygens (including phenoxy) is 1. The Labute approximate surface area is 90.4 Å². The predicted octanol–water partition coefficient (Wildman–Crippen LogP) is 2.89. The molecule has 0 spiro atoms. The number of benzene rings is 1. The SMILES string of the molecule is CCNC(C)c1cc(F)ccc1OCC. The molecule has 15 heavy (non-hydrogen) atoms. The Morgan fingerprint density at radius 1 is 1.40 bits per heavy atom. The number of nitrogens with one attached hydrogen (secondary N) is 1. The summed E-state index contributed by atoms with van der Waals surface area (Å²) in [6, 6.07) is 4.74. The number of hydrogen-bond acceptors (Lipinski definition) is 2. The summed E-state index contributed by atoms with van der Waals surface area (Å²) in [5.41, 5.74) is 0.874. The zero-order valence-electron chi connectivity index (χ0n) is 9.51. The molecule has 0 aliphatic carbocycles. The van der Waals surface area contributed by atoms with E-state index >= 15 is 0 Å². The van der Waals surface area contributed by atoms with Crippen LogP contribution in [0.15, 0.2) is 18.2 Å². The molecule has 1 unspecified atom stereocenters. The summed E-state index contributed by atoms with van der Waals surface area (Å²) in [5, 5.41) is 3.24. The third-order valence-electron chi connectivity index (χ3n) is 2.25. The number of rotatable bonds is 5. The van der Waals surface area contributed by atoms with Crippen molar-refractivity contribution in [1.29, 1.82) is 0 Å². The van der Waals surface area contributed by atoms with Gasteiger partial charge in [0.25, 0.3) is 0 Å². The predicted molar refractivity (Wildman–Crippen MR) is 59.7 cm³/mol. The molecule has 1 aromatic rings. The summed E-state index contributed by atoms with van der Waals surface area (Å²) in [4.78, 5) is 0. The van der Waals surface area contributed by atoms with Gasteiger partial charge in [0.1, 0.15) is 11.6 Å². The molecule has 2 nitrogen and oxygen atoms in total. The first-order valence-corrected chi connectivity index (χ1v) is 5.34. The van der Waals surface area contributed by atoms with E-state index in [-0.39, 0.29) is 11.9 Å². The van der Waals surface area contributed by atoms with Gasteiger partial charge in [-0.2, -0.15) is 0 Å². The van der Waals surface area contributed by atoms with Crippen molar-refractivity contribution in [3.05, 3.63) is 29.6 Å². The van der Waals surface area contributed by atoms with Crippen LogP contribution in [0.25, 0.3) is 0 Å². The van der Waals surface area contributed by atoms with Crippen molar-refractivity contribution in [2.75, 3.05) is 13.2 Å². The van der Waals surface area contributed by atoms with E-state index in [0.29, 0.717) is 6.61 Å². The van der Waals surface area contributed by atoms with Gasteiger partial charge in [-0.25, -0.2) is 4.39 Å². The van der Waals surface area contributed by atoms with E-state index in [2.05, 4.69) is 5.32 Å². The molecule has 0 fully saturated rings. The zero-order chi connectivity index (χ0) is 11.3. The van der Waals surface area contributed by atoms with E-state index in [4.69, 9.17) is 4.74 Å². The quantitative estimate of drug-likeness (QED) is 0.808. The topological polar surface area (TPSA) is 21.3 Å². The van der Waals surface area contributed by atoms with Crippen molar-refractivity contribution in [3.8, 4) is 5.75 Å². The van der Waals surface area contributed by atoms with E-state index < -0.39 is 0 Å². The minimum Gasteiger partial charge on any atom is -0.494 e. The Kier molecular flexibility index (Phi) is 4.56. The van der Waals surface area contributed by atoms with Crippen LogP contribution in [-0.4, -0.2) is 13.2 Å². The second-order valence-electron chi connectivity index (χ2n) is 3.39. The summed E-state index contributed by atoms with van der Waals surface area (Å²) >= 11 is 0. The minimum atomic E-state index is -0.224. The standard InChI is InChI=1S/C12H18FNO/c1-4-14-9(3)11-8-10(13)6-7-12(11)15-5-2/h6-9,14H,4-5H2,1-3H3. The van der Waals surface area contributed by atoms with Crippen LogP contribution in [-0.2, 0) is 0 Å². The highest BCUT2D eigenvalue weighted by Gasteiger charge is 2.11. The number of halogens is 1. The molecule has 0 aliphatic rings. The van der Waals surface area contributed by atoms with Crippen LogP contribution in [0.4, 0.5) is 4.39 Å². The van der Waals surface area contributed by atoms with Crippen LogP contribution in [0.5, 0.6) is 5.75 Å². The van der Waals surface area contributed by atoms with Crippen molar-refractivity contribution < 1.29 is 9.13 Å². The highest BCUT2D eigenvalue weighted by molar-refractivity contribution is 5.36. The Morgan fingerprint density at radius 3 is 2.73 bits per heavy atom. The van der Waals surface area contributed by atoms with Crippen LogP contribution < -0.4 is 10.1 Å². The van der Waals surface area contributed by atoms with Gasteiger partial charge in [0.05, 0.1) is 6.61 Å². The molecule has 0 amide bonds. The molecule has 1 aromatic carbocycles. The molecule has 0 bridgehead atoms. The molecule has 0 saturated heterocycles. The van der Waals surface area contributed by atoms with Crippen LogP contribution in [0.2, 0.25) is 0 Å². The summed E-state index contributed by atoms with van der Waals surface area (Å²) in [6.45, 7) is 7.39. The summed E-state index contributed by atoms with van der Waals surface area (Å²) in [7, 11) is 0. The van der Waals surface area contributed by atoms with E-state index in [1.807, 2.05) is 20.8 Å². The van der Waals surface area contributed by atoms with Crippen molar-refractivity contribution in [3.63, 3.8) is 0 Å². The fourth-order valence-corrected chi connectivity index (χ4v) is 1.56. The third-order valence-corrected chi connectivity index (χ3v) is 2.25. The Balaban J connectivity index is 2.95. The second-order valence-corrected chi connectivity index (χ2v) is 3.39. The first-order chi connectivity index (χ1) is 7.19. The molecule has 84 valence electrons. The molecule has 1 rings (SSSR count). The zero-order valence-corrected chi connectivity index (χ0v) is 9.51. The average Bonchev–Trinajstić information content (AvgIpc) is 2.21. The lowest BCUT2D eigenvalue weighted by molar-refractivity contribution is 0.332. The van der Waals surface area contributed by atoms with Gasteiger partial charge in [-0.3, -0.25) is 0 Å². The molecule has 0 aromatic heterocycles. The van der Waals surface area contributed by atoms with E-state index in [1.54, 1.807) is 6.07 Å². The maximum atomic E-state index is 13.1. The molecule has 1 atom stereocenters. The van der Waals surface area contributed by atoms with Crippen LogP contribution in [0.3, 0.4) is 0 Å². The van der Waals surface area contributed by atoms with E-state index in [0.717, 1.165) is 17.9 Å². The Hall–Kier alpha value is -1.09. The lowest BCUT2D eigenvalue weighted by Gasteiger charge is -2.17. The van der Waals surface area contributed by atoms with Crippen molar-refractivity contribution >= 4 is 0 Å². The highest BCUT2D eigenvalue weighted by Crippen LogP contribution is 2.25. The first kappa shape index (κ1) is 12.0. The van der Waals surface area contributed by atoms with Gasteiger partial charge >= 0.3 is 0 Å². The van der Waals surface area contributed by atoms with Gasteiger partial charge in [-0.15, -0.1) is 0 Å². The Morgan fingerprint density at radius 2 is 2.13 bits per heavy atom. The van der Waals surface area contributed by atoms with Gasteiger partial charge in [0.15, 0.2) is 0 Å². The molecular weight excluding hydrogens is 193 g/mol. The van der Waals surface area contributed by atoms with Crippen LogP contribution >= 0.6 is 0 Å². The second kappa shape index (κ2) is 5.71. The monoisotopic (exact) mass is 211 g/mol. The fourth-order valence-electron chi connectivity index (χ4n) is 1.56. The van der Waals surface area contributed by atoms with Gasteiger partial charge in [0.2, 0.25) is 0 Å². The maximum Gasteiger partial charge on any atom is 0.124 e. The lowest BCUT2D eigenvalue weighted by atomic mass is 10.1. The minimum absolute atomic E-state index is 0.104. The smallest absolute Gasteiger partial charge is 0.124 e. The summed E-state index contributed by atoms with van der Waals surface area (Å²) < 4.78 is 18.6. The van der Waals surface area contributed by atoms with Gasteiger partial charge in [0, 0.05) is 11.6 Å². The fraction of sp³-hybridized carbons (Fsp3) is 0.500. The Bertz CT molecular complexity index is 314. The molecule has 0 radical (unpaired) electrons. The average molecular weight is 211 g/mol. The van der Waals surface area contributed by atoms with Crippen LogP contribution in [0, 0.1) is 5.82 Å². The molecule has 0 saturated carbocycles. The lowest BCUT2D eigenvalue weighted by Crippen LogP contribution is -2.18. The third kappa shape index (κ3) is 3.20. The normalized spacial score (nSPS) is 12.5. The van der Waals surface area contributed by atoms with Gasteiger partial charge < -0.3 is 10.1 Å². The molecule has 1 N–H and O–H groups in total. The van der Waals surface area contributed by atoms with E-state index in [1.165, 1.54) is 12.1 Å². The molecule has 3 heteroatoms. The van der Waals surface area contributed by atoms with Crippen LogP contribution in [0.1, 0.15) is 32.4 Å². The summed E-state index contributed by atoms with van der Waals surface area (Å²) in [5.74, 6) is 0.533. The first-order valence-electron chi connectivity index (χ1n) is 5.34. The largest absolute Gasteiger partial charge is 0.494 e. The maximum absolute atomic E-state index is 13.1. The molecule has 0 heterocycles. The van der Waals surface area contributed by atoms with Crippen molar-refractivity contribution in [2.45, 2.75) is 26.8 Å². The highest BCUT2D eigenvalue weighted by atomic mass is 19.1.